The van der Waals surface area contributed by atoms with E-state index in [9.17, 15) is 9.90 Å². The van der Waals surface area contributed by atoms with Gasteiger partial charge in [0.25, 0.3) is 0 Å². The van der Waals surface area contributed by atoms with Gasteiger partial charge in [0.15, 0.2) is 0 Å². The zero-order valence-electron chi connectivity index (χ0n) is 6.99. The van der Waals surface area contributed by atoms with Crippen molar-refractivity contribution < 1.29 is 9.90 Å². The molecule has 0 amide bonds. The molecule has 11 heavy (non-hydrogen) atoms. The molecule has 0 aromatic carbocycles. The molecule has 1 atom stereocenters. The van der Waals surface area contributed by atoms with Crippen molar-refractivity contribution in [3.05, 3.63) is 12.2 Å². The number of unbranched alkanes of at least 4 members (excludes halogenated alkanes) is 1. The van der Waals surface area contributed by atoms with Gasteiger partial charge < -0.3 is 5.11 Å². The Morgan fingerprint density at radius 2 is 2.27 bits per heavy atom. The fourth-order valence-electron chi connectivity index (χ4n) is 0.849. The molecule has 0 spiro atoms. The average Bonchev–Trinajstić information content (AvgIpc) is 2.01. The molecule has 0 saturated heterocycles. The molecule has 0 radical (unpaired) electrons. The van der Waals surface area contributed by atoms with Gasteiger partial charge in [0.2, 0.25) is 0 Å². The minimum absolute atomic E-state index is 0.272. The van der Waals surface area contributed by atoms with Gasteiger partial charge in [-0.3, -0.25) is 4.79 Å². The van der Waals surface area contributed by atoms with Gasteiger partial charge in [-0.1, -0.05) is 25.8 Å². The lowest BCUT2D eigenvalue weighted by molar-refractivity contribution is -0.104. The molecule has 2 heteroatoms. The summed E-state index contributed by atoms with van der Waals surface area (Å²) in [6.45, 7) is 2.09. The van der Waals surface area contributed by atoms with E-state index in [1.54, 1.807) is 6.08 Å². The Labute approximate surface area is 67.9 Å². The third-order valence-electron chi connectivity index (χ3n) is 1.51. The highest BCUT2D eigenvalue weighted by Crippen LogP contribution is 2.03. The monoisotopic (exact) mass is 156 g/mol. The second-order valence-electron chi connectivity index (χ2n) is 2.60. The van der Waals surface area contributed by atoms with E-state index in [2.05, 4.69) is 6.92 Å². The van der Waals surface area contributed by atoms with Crippen LogP contribution in [-0.4, -0.2) is 17.5 Å². The topological polar surface area (TPSA) is 37.3 Å². The SMILES string of the molecule is CCCCC(O)CC=CC=O. The molecule has 0 heterocycles. The van der Waals surface area contributed by atoms with Gasteiger partial charge in [-0.05, 0) is 18.9 Å². The molecule has 2 nitrogen and oxygen atoms in total. The molecule has 1 unspecified atom stereocenters. The van der Waals surface area contributed by atoms with E-state index in [1.165, 1.54) is 6.08 Å². The molecule has 0 aromatic heterocycles. The van der Waals surface area contributed by atoms with Crippen LogP contribution in [0, 0.1) is 0 Å². The maximum atomic E-state index is 9.83. The molecule has 0 rings (SSSR count). The molecule has 0 aromatic rings. The van der Waals surface area contributed by atoms with E-state index in [1.807, 2.05) is 0 Å². The summed E-state index contributed by atoms with van der Waals surface area (Å²) in [6.07, 6.45) is 7.17. The highest BCUT2D eigenvalue weighted by molar-refractivity contribution is 5.64. The molecule has 0 aliphatic heterocycles. The van der Waals surface area contributed by atoms with Crippen LogP contribution in [0.5, 0.6) is 0 Å². The van der Waals surface area contributed by atoms with E-state index < -0.39 is 0 Å². The predicted molar refractivity (Wildman–Crippen MR) is 45.4 cm³/mol. The van der Waals surface area contributed by atoms with Gasteiger partial charge >= 0.3 is 0 Å². The summed E-state index contributed by atoms with van der Waals surface area (Å²) in [6, 6.07) is 0. The average molecular weight is 156 g/mol. The van der Waals surface area contributed by atoms with Gasteiger partial charge in [0.05, 0.1) is 6.10 Å². The van der Waals surface area contributed by atoms with Gasteiger partial charge in [-0.15, -0.1) is 0 Å². The first-order chi connectivity index (χ1) is 5.31. The van der Waals surface area contributed by atoms with Gasteiger partial charge in [-0.25, -0.2) is 0 Å². The molecule has 0 saturated carbocycles. The van der Waals surface area contributed by atoms with Crippen LogP contribution in [0.2, 0.25) is 0 Å². The summed E-state index contributed by atoms with van der Waals surface area (Å²) in [4.78, 5) is 9.83. The number of aldehydes is 1. The van der Waals surface area contributed by atoms with Crippen LogP contribution < -0.4 is 0 Å². The Hall–Kier alpha value is -0.630. The van der Waals surface area contributed by atoms with Crippen molar-refractivity contribution in [2.75, 3.05) is 0 Å². The highest BCUT2D eigenvalue weighted by Gasteiger charge is 1.98. The number of carbonyl (C=O) groups is 1. The van der Waals surface area contributed by atoms with Gasteiger partial charge in [-0.2, -0.15) is 0 Å². The number of carbonyl (C=O) groups excluding carboxylic acids is 1. The predicted octanol–water partition coefficient (Wildman–Crippen LogP) is 1.68. The van der Waals surface area contributed by atoms with E-state index >= 15 is 0 Å². The minimum atomic E-state index is -0.272. The van der Waals surface area contributed by atoms with Crippen molar-refractivity contribution in [3.8, 4) is 0 Å². The van der Waals surface area contributed by atoms with Crippen molar-refractivity contribution in [2.45, 2.75) is 38.7 Å². The number of hydrogen-bond donors (Lipinski definition) is 1. The van der Waals surface area contributed by atoms with E-state index in [-0.39, 0.29) is 6.10 Å². The molecule has 0 bridgehead atoms. The third kappa shape index (κ3) is 7.26. The van der Waals surface area contributed by atoms with Crippen LogP contribution in [0.4, 0.5) is 0 Å². The lowest BCUT2D eigenvalue weighted by Crippen LogP contribution is -2.03. The summed E-state index contributed by atoms with van der Waals surface area (Å²) in [5.41, 5.74) is 0. The van der Waals surface area contributed by atoms with Crippen LogP contribution in [0.1, 0.15) is 32.6 Å². The standard InChI is InChI=1S/C9H16O2/c1-2-3-6-9(11)7-4-5-8-10/h4-5,8-9,11H,2-3,6-7H2,1H3. The Balaban J connectivity index is 3.28. The molecule has 0 aliphatic rings. The first-order valence-electron chi connectivity index (χ1n) is 4.09. The summed E-state index contributed by atoms with van der Waals surface area (Å²) in [7, 11) is 0. The maximum absolute atomic E-state index is 9.83. The van der Waals surface area contributed by atoms with Crippen molar-refractivity contribution >= 4 is 6.29 Å². The normalized spacial score (nSPS) is 13.6. The fourth-order valence-corrected chi connectivity index (χ4v) is 0.849. The van der Waals surface area contributed by atoms with E-state index in [0.29, 0.717) is 6.42 Å². The van der Waals surface area contributed by atoms with Crippen LogP contribution >= 0.6 is 0 Å². The Morgan fingerprint density at radius 3 is 2.82 bits per heavy atom. The summed E-state index contributed by atoms with van der Waals surface area (Å²) >= 11 is 0. The van der Waals surface area contributed by atoms with E-state index in [4.69, 9.17) is 0 Å². The number of aliphatic hydroxyl groups is 1. The molecule has 64 valence electrons. The highest BCUT2D eigenvalue weighted by atomic mass is 16.3. The number of aliphatic hydroxyl groups excluding tert-OH is 1. The van der Waals surface area contributed by atoms with Crippen LogP contribution in [0.25, 0.3) is 0 Å². The van der Waals surface area contributed by atoms with Gasteiger partial charge in [0, 0.05) is 0 Å². The first kappa shape index (κ1) is 10.4. The largest absolute Gasteiger partial charge is 0.393 e. The lowest BCUT2D eigenvalue weighted by atomic mass is 10.1. The van der Waals surface area contributed by atoms with Crippen molar-refractivity contribution in [1.29, 1.82) is 0 Å². The third-order valence-corrected chi connectivity index (χ3v) is 1.51. The smallest absolute Gasteiger partial charge is 0.142 e. The minimum Gasteiger partial charge on any atom is -0.393 e. The quantitative estimate of drug-likeness (QED) is 0.469. The fraction of sp³-hybridized carbons (Fsp3) is 0.667. The second kappa shape index (κ2) is 7.48. The van der Waals surface area contributed by atoms with E-state index in [0.717, 1.165) is 25.5 Å². The zero-order chi connectivity index (χ0) is 8.53. The molecular formula is C9H16O2. The van der Waals surface area contributed by atoms with Crippen LogP contribution in [-0.2, 0) is 4.79 Å². The summed E-state index contributed by atoms with van der Waals surface area (Å²) < 4.78 is 0. The molecule has 0 aliphatic carbocycles. The molecular weight excluding hydrogens is 140 g/mol. The van der Waals surface area contributed by atoms with Crippen LogP contribution in [0.3, 0.4) is 0 Å². The Bertz CT molecular complexity index is 119. The second-order valence-corrected chi connectivity index (χ2v) is 2.60. The molecule has 1 N–H and O–H groups in total. The molecule has 0 fully saturated rings. The van der Waals surface area contributed by atoms with Crippen molar-refractivity contribution in [3.63, 3.8) is 0 Å². The summed E-state index contributed by atoms with van der Waals surface area (Å²) in [5.74, 6) is 0. The maximum Gasteiger partial charge on any atom is 0.142 e. The number of hydrogen-bond acceptors (Lipinski definition) is 2. The van der Waals surface area contributed by atoms with Crippen molar-refractivity contribution in [1.82, 2.24) is 0 Å². The number of allylic oxidation sites excluding steroid dienone is 1. The lowest BCUT2D eigenvalue weighted by Gasteiger charge is -2.04. The van der Waals surface area contributed by atoms with Crippen molar-refractivity contribution in [2.24, 2.45) is 0 Å². The summed E-state index contributed by atoms with van der Waals surface area (Å²) in [5, 5.41) is 9.24. The Kier molecular flexibility index (Phi) is 7.05. The van der Waals surface area contributed by atoms with Crippen LogP contribution in [0.15, 0.2) is 12.2 Å². The number of rotatable bonds is 6. The first-order valence-corrected chi connectivity index (χ1v) is 4.09. The van der Waals surface area contributed by atoms with Gasteiger partial charge in [0.1, 0.15) is 6.29 Å². The zero-order valence-corrected chi connectivity index (χ0v) is 6.99. The Morgan fingerprint density at radius 1 is 1.55 bits per heavy atom.